The third-order valence-corrected chi connectivity index (χ3v) is 9.98. The predicted molar refractivity (Wildman–Crippen MR) is 166 cm³/mol. The lowest BCUT2D eigenvalue weighted by Crippen LogP contribution is -2.54. The first kappa shape index (κ1) is 30.8. The Hall–Kier alpha value is -3.17. The molecule has 1 aliphatic rings. The van der Waals surface area contributed by atoms with Crippen LogP contribution in [0.2, 0.25) is 0 Å². The highest BCUT2D eigenvalue weighted by Crippen LogP contribution is 2.27. The first-order valence-corrected chi connectivity index (χ1v) is 16.4. The van der Waals surface area contributed by atoms with Crippen molar-refractivity contribution in [2.45, 2.75) is 75.9 Å². The van der Waals surface area contributed by atoms with E-state index >= 15 is 0 Å². The number of nitrogens with one attached hydrogen (secondary N) is 1. The van der Waals surface area contributed by atoms with Gasteiger partial charge < -0.3 is 10.2 Å². The molecule has 1 N–H and O–H groups in total. The van der Waals surface area contributed by atoms with Crippen molar-refractivity contribution in [3.05, 3.63) is 94.5 Å². The van der Waals surface area contributed by atoms with Gasteiger partial charge >= 0.3 is 0 Å². The van der Waals surface area contributed by atoms with E-state index in [1.807, 2.05) is 38.1 Å². The summed E-state index contributed by atoms with van der Waals surface area (Å²) in [5.41, 5.74) is 2.27. The Bertz CT molecular complexity index is 1420. The van der Waals surface area contributed by atoms with Crippen molar-refractivity contribution >= 4 is 43.5 Å². The zero-order chi connectivity index (χ0) is 29.4. The molecule has 9 heteroatoms. The van der Waals surface area contributed by atoms with Gasteiger partial charge in [-0.2, -0.15) is 0 Å². The second kappa shape index (κ2) is 14.1. The molecule has 3 aromatic carbocycles. The van der Waals surface area contributed by atoms with Crippen LogP contribution in [-0.4, -0.2) is 43.8 Å². The van der Waals surface area contributed by atoms with E-state index in [1.165, 1.54) is 18.6 Å². The number of rotatable bonds is 11. The van der Waals surface area contributed by atoms with Gasteiger partial charge in [-0.1, -0.05) is 84.6 Å². The molecule has 1 fully saturated rings. The molecule has 0 aromatic heterocycles. The van der Waals surface area contributed by atoms with Crippen molar-refractivity contribution in [3.8, 4) is 0 Å². The van der Waals surface area contributed by atoms with Crippen molar-refractivity contribution < 1.29 is 18.0 Å². The minimum absolute atomic E-state index is 0.0863. The van der Waals surface area contributed by atoms with Crippen LogP contribution in [0.3, 0.4) is 0 Å². The summed E-state index contributed by atoms with van der Waals surface area (Å²) in [6, 6.07) is 22.0. The largest absolute Gasteiger partial charge is 0.352 e. The zero-order valence-corrected chi connectivity index (χ0v) is 26.0. The Morgan fingerprint density at radius 1 is 0.927 bits per heavy atom. The molecular formula is C32H38BrN3O4S. The Morgan fingerprint density at radius 3 is 2.20 bits per heavy atom. The van der Waals surface area contributed by atoms with E-state index < -0.39 is 28.5 Å². The summed E-state index contributed by atoms with van der Waals surface area (Å²) in [4.78, 5) is 29.5. The number of carbonyl (C=O) groups is 2. The highest BCUT2D eigenvalue weighted by molar-refractivity contribution is 9.10. The van der Waals surface area contributed by atoms with Gasteiger partial charge in [-0.3, -0.25) is 13.9 Å². The number of amides is 2. The molecule has 218 valence electrons. The van der Waals surface area contributed by atoms with Crippen molar-refractivity contribution in [3.63, 3.8) is 0 Å². The van der Waals surface area contributed by atoms with Crippen LogP contribution >= 0.6 is 15.9 Å². The number of hydrogen-bond acceptors (Lipinski definition) is 4. The van der Waals surface area contributed by atoms with Crippen molar-refractivity contribution in [1.82, 2.24) is 10.2 Å². The summed E-state index contributed by atoms with van der Waals surface area (Å²) in [6.45, 7) is 3.60. The standard InChI is InChI=1S/C32H38BrN3O4S/c1-3-30(32(38)34-27-14-6-4-7-15-27)35(22-25-13-11-10-12-24(25)2)31(37)23-36(28-20-18-26(33)19-21-28)41(39,40)29-16-8-5-9-17-29/h5,8-13,16-21,27,30H,3-4,6-7,14-15,22-23H2,1-2H3,(H,34,38). The predicted octanol–water partition coefficient (Wildman–Crippen LogP) is 6.21. The number of benzene rings is 3. The molecule has 0 saturated heterocycles. The lowest BCUT2D eigenvalue weighted by Gasteiger charge is -2.34. The van der Waals surface area contributed by atoms with Gasteiger partial charge in [0.2, 0.25) is 11.8 Å². The normalized spacial score (nSPS) is 14.7. The fourth-order valence-corrected chi connectivity index (χ4v) is 6.99. The van der Waals surface area contributed by atoms with Crippen LogP contribution < -0.4 is 9.62 Å². The molecule has 4 rings (SSSR count). The third-order valence-electron chi connectivity index (χ3n) is 7.66. The fraction of sp³-hybridized carbons (Fsp3) is 0.375. The number of hydrogen-bond donors (Lipinski definition) is 1. The molecule has 0 spiro atoms. The fourth-order valence-electron chi connectivity index (χ4n) is 5.29. The quantitative estimate of drug-likeness (QED) is 0.270. The maximum atomic E-state index is 14.2. The van der Waals surface area contributed by atoms with Crippen LogP contribution in [-0.2, 0) is 26.2 Å². The van der Waals surface area contributed by atoms with Crippen molar-refractivity contribution in [1.29, 1.82) is 0 Å². The number of carbonyl (C=O) groups excluding carboxylic acids is 2. The number of nitrogens with zero attached hydrogens (tertiary/aromatic N) is 2. The van der Waals surface area contributed by atoms with Crippen LogP contribution in [0.4, 0.5) is 5.69 Å². The Balaban J connectivity index is 1.70. The average Bonchev–Trinajstić information content (AvgIpc) is 2.98. The summed E-state index contributed by atoms with van der Waals surface area (Å²) in [5.74, 6) is -0.635. The summed E-state index contributed by atoms with van der Waals surface area (Å²) in [7, 11) is -4.08. The molecule has 1 atom stereocenters. The Morgan fingerprint density at radius 2 is 1.56 bits per heavy atom. The monoisotopic (exact) mass is 639 g/mol. The zero-order valence-electron chi connectivity index (χ0n) is 23.6. The van der Waals surface area contributed by atoms with Crippen LogP contribution in [0.1, 0.15) is 56.6 Å². The topological polar surface area (TPSA) is 86.8 Å². The lowest BCUT2D eigenvalue weighted by atomic mass is 9.95. The molecule has 0 heterocycles. The molecule has 7 nitrogen and oxygen atoms in total. The molecule has 0 bridgehead atoms. The van der Waals surface area contributed by atoms with E-state index in [4.69, 9.17) is 0 Å². The van der Waals surface area contributed by atoms with E-state index in [0.717, 1.165) is 45.6 Å². The molecular weight excluding hydrogens is 602 g/mol. The first-order chi connectivity index (χ1) is 19.7. The van der Waals surface area contributed by atoms with Gasteiger partial charge in [0.1, 0.15) is 12.6 Å². The Kier molecular flexibility index (Phi) is 10.6. The molecule has 1 aliphatic carbocycles. The summed E-state index contributed by atoms with van der Waals surface area (Å²) >= 11 is 3.41. The van der Waals surface area contributed by atoms with E-state index in [9.17, 15) is 18.0 Å². The minimum Gasteiger partial charge on any atom is -0.352 e. The summed E-state index contributed by atoms with van der Waals surface area (Å²) in [5, 5.41) is 3.18. The SMILES string of the molecule is CCC(C(=O)NC1CCCCC1)N(Cc1ccccc1C)C(=O)CN(c1ccc(Br)cc1)S(=O)(=O)c1ccccc1. The molecule has 1 saturated carbocycles. The molecule has 2 amide bonds. The maximum Gasteiger partial charge on any atom is 0.264 e. The number of sulfonamides is 1. The van der Waals surface area contributed by atoms with Crippen LogP contribution in [0.5, 0.6) is 0 Å². The smallest absolute Gasteiger partial charge is 0.264 e. The van der Waals surface area contributed by atoms with Crippen LogP contribution in [0.25, 0.3) is 0 Å². The van der Waals surface area contributed by atoms with Gasteiger partial charge in [0, 0.05) is 17.1 Å². The van der Waals surface area contributed by atoms with E-state index in [-0.39, 0.29) is 23.4 Å². The van der Waals surface area contributed by atoms with Gasteiger partial charge in [-0.05, 0) is 73.7 Å². The van der Waals surface area contributed by atoms with Crippen LogP contribution in [0, 0.1) is 6.92 Å². The number of halogens is 1. The number of anilines is 1. The minimum atomic E-state index is -4.08. The molecule has 1 unspecified atom stereocenters. The third kappa shape index (κ3) is 7.77. The summed E-state index contributed by atoms with van der Waals surface area (Å²) < 4.78 is 29.7. The first-order valence-electron chi connectivity index (χ1n) is 14.2. The van der Waals surface area contributed by atoms with E-state index in [2.05, 4.69) is 21.2 Å². The van der Waals surface area contributed by atoms with Gasteiger partial charge in [0.15, 0.2) is 0 Å². The van der Waals surface area contributed by atoms with Crippen LogP contribution in [0.15, 0.2) is 88.2 Å². The molecule has 0 aliphatic heterocycles. The van der Waals surface area contributed by atoms with E-state index in [1.54, 1.807) is 47.4 Å². The van der Waals surface area contributed by atoms with Gasteiger partial charge in [0.25, 0.3) is 10.0 Å². The molecule has 41 heavy (non-hydrogen) atoms. The lowest BCUT2D eigenvalue weighted by molar-refractivity contribution is -0.140. The Labute approximate surface area is 252 Å². The van der Waals surface area contributed by atoms with Gasteiger partial charge in [0.05, 0.1) is 10.6 Å². The second-order valence-corrected chi connectivity index (χ2v) is 13.3. The summed E-state index contributed by atoms with van der Waals surface area (Å²) in [6.07, 6.45) is 5.59. The van der Waals surface area contributed by atoms with Crippen molar-refractivity contribution in [2.75, 3.05) is 10.8 Å². The highest BCUT2D eigenvalue weighted by atomic mass is 79.9. The van der Waals surface area contributed by atoms with E-state index in [0.29, 0.717) is 12.1 Å². The van der Waals surface area contributed by atoms with Gasteiger partial charge in [-0.25, -0.2) is 8.42 Å². The molecule has 0 radical (unpaired) electrons. The second-order valence-electron chi connectivity index (χ2n) is 10.5. The average molecular weight is 641 g/mol. The highest BCUT2D eigenvalue weighted by Gasteiger charge is 2.34. The van der Waals surface area contributed by atoms with Crippen molar-refractivity contribution in [2.24, 2.45) is 0 Å². The molecule has 3 aromatic rings. The maximum absolute atomic E-state index is 14.2. The van der Waals surface area contributed by atoms with Gasteiger partial charge in [-0.15, -0.1) is 0 Å². The number of aryl methyl sites for hydroxylation is 1.